The molecule has 4 nitrogen and oxygen atoms in total. The number of hydrogen-bond donors (Lipinski definition) is 1. The van der Waals surface area contributed by atoms with E-state index < -0.39 is 0 Å². The van der Waals surface area contributed by atoms with Crippen molar-refractivity contribution in [1.29, 1.82) is 0 Å². The number of aromatic nitrogens is 2. The molecule has 2 atom stereocenters. The second kappa shape index (κ2) is 5.69. The molecule has 2 unspecified atom stereocenters. The molecule has 0 amide bonds. The minimum Gasteiger partial charge on any atom is -0.351 e. The molecule has 2 heterocycles. The van der Waals surface area contributed by atoms with E-state index in [0.717, 1.165) is 24.6 Å². The van der Waals surface area contributed by atoms with Crippen LogP contribution >= 0.6 is 11.8 Å². The second-order valence-electron chi connectivity index (χ2n) is 4.41. The molecule has 1 aromatic rings. The van der Waals surface area contributed by atoms with E-state index in [0.29, 0.717) is 11.3 Å². The summed E-state index contributed by atoms with van der Waals surface area (Å²) in [6, 6.07) is 0.521. The van der Waals surface area contributed by atoms with Crippen LogP contribution in [0.25, 0.3) is 0 Å². The Hall–Kier alpha value is -0.810. The van der Waals surface area contributed by atoms with E-state index in [1.54, 1.807) is 0 Å². The first-order valence-corrected chi connectivity index (χ1v) is 7.11. The van der Waals surface area contributed by atoms with E-state index in [1.165, 1.54) is 5.75 Å². The lowest BCUT2D eigenvalue weighted by Gasteiger charge is -2.38. The summed E-state index contributed by atoms with van der Waals surface area (Å²) >= 11 is 2.04. The molecule has 17 heavy (non-hydrogen) atoms. The lowest BCUT2D eigenvalue weighted by molar-refractivity contribution is 0.616. The lowest BCUT2D eigenvalue weighted by atomic mass is 10.2. The Morgan fingerprint density at radius 3 is 3.06 bits per heavy atom. The molecule has 5 heteroatoms. The molecule has 0 radical (unpaired) electrons. The maximum Gasteiger partial charge on any atom is 0.147 e. The number of thioether (sulfide) groups is 1. The van der Waals surface area contributed by atoms with Gasteiger partial charge in [-0.1, -0.05) is 6.92 Å². The minimum absolute atomic E-state index is 0.521. The predicted molar refractivity (Wildman–Crippen MR) is 73.5 cm³/mol. The van der Waals surface area contributed by atoms with E-state index in [-0.39, 0.29) is 0 Å². The molecule has 0 aliphatic carbocycles. The van der Waals surface area contributed by atoms with Crippen molar-refractivity contribution >= 4 is 17.6 Å². The van der Waals surface area contributed by atoms with E-state index in [4.69, 9.17) is 0 Å². The molecule has 1 saturated heterocycles. The summed E-state index contributed by atoms with van der Waals surface area (Å²) in [6.07, 6.45) is 3.70. The fourth-order valence-corrected chi connectivity index (χ4v) is 3.16. The van der Waals surface area contributed by atoms with E-state index in [1.807, 2.05) is 31.2 Å². The first kappa shape index (κ1) is 12.6. The van der Waals surface area contributed by atoms with Crippen molar-refractivity contribution < 1.29 is 0 Å². The van der Waals surface area contributed by atoms with Crippen LogP contribution in [0.4, 0.5) is 5.82 Å². The molecule has 1 aliphatic heterocycles. The quantitative estimate of drug-likeness (QED) is 0.883. The maximum absolute atomic E-state index is 4.66. The summed E-state index contributed by atoms with van der Waals surface area (Å²) in [5, 5.41) is 3.76. The Morgan fingerprint density at radius 1 is 1.47 bits per heavy atom. The van der Waals surface area contributed by atoms with Crippen LogP contribution in [0, 0.1) is 0 Å². The molecule has 0 spiro atoms. The van der Waals surface area contributed by atoms with Crippen LogP contribution in [0.5, 0.6) is 0 Å². The van der Waals surface area contributed by atoms with Gasteiger partial charge in [-0.05, 0) is 14.0 Å². The number of nitrogens with zero attached hydrogens (tertiary/aromatic N) is 3. The number of nitrogens with one attached hydrogen (secondary N) is 1. The van der Waals surface area contributed by atoms with Crippen LogP contribution in [-0.2, 0) is 6.54 Å². The highest BCUT2D eigenvalue weighted by atomic mass is 32.2. The molecular weight excluding hydrogens is 232 g/mol. The molecule has 0 bridgehead atoms. The number of rotatable bonds is 3. The van der Waals surface area contributed by atoms with Gasteiger partial charge in [0.25, 0.3) is 0 Å². The fourth-order valence-electron chi connectivity index (χ4n) is 2.06. The fraction of sp³-hybridized carbons (Fsp3) is 0.667. The normalized spacial score (nSPS) is 25.0. The highest BCUT2D eigenvalue weighted by molar-refractivity contribution is 8.00. The van der Waals surface area contributed by atoms with Gasteiger partial charge in [0.15, 0.2) is 0 Å². The Labute approximate surface area is 107 Å². The van der Waals surface area contributed by atoms with Gasteiger partial charge in [0.1, 0.15) is 5.82 Å². The molecule has 1 aliphatic rings. The van der Waals surface area contributed by atoms with Gasteiger partial charge in [-0.2, -0.15) is 11.8 Å². The highest BCUT2D eigenvalue weighted by Gasteiger charge is 2.26. The Balaban J connectivity index is 2.17. The Morgan fingerprint density at radius 2 is 2.29 bits per heavy atom. The van der Waals surface area contributed by atoms with Crippen LogP contribution < -0.4 is 10.2 Å². The minimum atomic E-state index is 0.521. The largest absolute Gasteiger partial charge is 0.351 e. The molecule has 1 N–H and O–H groups in total. The van der Waals surface area contributed by atoms with Crippen molar-refractivity contribution in [1.82, 2.24) is 15.3 Å². The van der Waals surface area contributed by atoms with Crippen molar-refractivity contribution in [2.24, 2.45) is 0 Å². The molecule has 1 aromatic heterocycles. The van der Waals surface area contributed by atoms with Gasteiger partial charge in [-0.15, -0.1) is 0 Å². The molecule has 2 rings (SSSR count). The topological polar surface area (TPSA) is 41.1 Å². The summed E-state index contributed by atoms with van der Waals surface area (Å²) in [5.74, 6) is 2.18. The Kier molecular flexibility index (Phi) is 4.23. The van der Waals surface area contributed by atoms with Gasteiger partial charge in [0, 0.05) is 36.3 Å². The molecule has 0 aromatic carbocycles. The van der Waals surface area contributed by atoms with Crippen molar-refractivity contribution in [2.45, 2.75) is 31.7 Å². The molecule has 94 valence electrons. The third kappa shape index (κ3) is 2.90. The van der Waals surface area contributed by atoms with Crippen molar-refractivity contribution in [2.75, 3.05) is 24.2 Å². The van der Waals surface area contributed by atoms with Crippen molar-refractivity contribution in [3.05, 3.63) is 18.1 Å². The third-order valence-corrected chi connectivity index (χ3v) is 4.55. The van der Waals surface area contributed by atoms with Crippen LogP contribution in [0.1, 0.15) is 19.5 Å². The summed E-state index contributed by atoms with van der Waals surface area (Å²) in [5.41, 5.74) is 1.00. The summed E-state index contributed by atoms with van der Waals surface area (Å²) < 4.78 is 0. The zero-order chi connectivity index (χ0) is 12.3. The first-order chi connectivity index (χ1) is 8.22. The van der Waals surface area contributed by atoms with Gasteiger partial charge in [-0.3, -0.25) is 4.98 Å². The van der Waals surface area contributed by atoms with Crippen LogP contribution in [0.3, 0.4) is 0 Å². The Bertz CT molecular complexity index is 371. The lowest BCUT2D eigenvalue weighted by Crippen LogP contribution is -2.45. The van der Waals surface area contributed by atoms with Crippen LogP contribution in [0.15, 0.2) is 12.4 Å². The summed E-state index contributed by atoms with van der Waals surface area (Å²) in [7, 11) is 1.93. The van der Waals surface area contributed by atoms with Crippen molar-refractivity contribution in [3.8, 4) is 0 Å². The highest BCUT2D eigenvalue weighted by Crippen LogP contribution is 2.27. The third-order valence-electron chi connectivity index (χ3n) is 3.21. The molecule has 0 saturated carbocycles. The van der Waals surface area contributed by atoms with Crippen LogP contribution in [-0.4, -0.2) is 40.6 Å². The zero-order valence-electron chi connectivity index (χ0n) is 10.7. The smallest absolute Gasteiger partial charge is 0.147 e. The van der Waals surface area contributed by atoms with Gasteiger partial charge < -0.3 is 10.2 Å². The average molecular weight is 252 g/mol. The summed E-state index contributed by atoms with van der Waals surface area (Å²) in [4.78, 5) is 11.3. The van der Waals surface area contributed by atoms with Gasteiger partial charge in [0.2, 0.25) is 0 Å². The SMILES string of the molecule is CNCc1cncc(N2CCSC(C)C2C)n1. The van der Waals surface area contributed by atoms with E-state index >= 15 is 0 Å². The molecular formula is C12H20N4S. The second-order valence-corrected chi connectivity index (χ2v) is 5.89. The van der Waals surface area contributed by atoms with Gasteiger partial charge in [0.05, 0.1) is 11.9 Å². The van der Waals surface area contributed by atoms with Crippen LogP contribution in [0.2, 0.25) is 0 Å². The predicted octanol–water partition coefficient (Wildman–Crippen LogP) is 1.53. The maximum atomic E-state index is 4.66. The van der Waals surface area contributed by atoms with E-state index in [9.17, 15) is 0 Å². The van der Waals surface area contributed by atoms with Crippen molar-refractivity contribution in [3.63, 3.8) is 0 Å². The zero-order valence-corrected chi connectivity index (χ0v) is 11.5. The standard InChI is InChI=1S/C12H20N4S/c1-9-10(2)17-5-4-16(9)12-8-14-7-11(15-12)6-13-3/h7-10,13H,4-6H2,1-3H3. The summed E-state index contributed by atoms with van der Waals surface area (Å²) in [6.45, 7) is 6.39. The van der Waals surface area contributed by atoms with E-state index in [2.05, 4.69) is 34.0 Å². The van der Waals surface area contributed by atoms with Gasteiger partial charge >= 0.3 is 0 Å². The number of hydrogen-bond acceptors (Lipinski definition) is 5. The average Bonchev–Trinajstić information content (AvgIpc) is 2.33. The van der Waals surface area contributed by atoms with Gasteiger partial charge in [-0.25, -0.2) is 4.98 Å². The monoisotopic (exact) mass is 252 g/mol. The number of anilines is 1. The first-order valence-electron chi connectivity index (χ1n) is 6.06. The molecule has 1 fully saturated rings.